The molecule has 0 aromatic heterocycles. The lowest BCUT2D eigenvalue weighted by atomic mass is 10.2. The average molecular weight is 310 g/mol. The number of hydroxylamine groups is 2. The van der Waals surface area contributed by atoms with Gasteiger partial charge in [0.1, 0.15) is 5.60 Å². The summed E-state index contributed by atoms with van der Waals surface area (Å²) < 4.78 is 5.09. The van der Waals surface area contributed by atoms with E-state index in [9.17, 15) is 19.7 Å². The highest BCUT2D eigenvalue weighted by Gasteiger charge is 2.25. The van der Waals surface area contributed by atoms with E-state index in [1.165, 1.54) is 18.2 Å². The standard InChI is InChI=1S/C14H18N2O6/c1-5-15(13(18)21-14(2,3)4)22-12(17)10-7-6-8-11(9-10)16(19)20/h6-9H,5H2,1-4H3. The lowest BCUT2D eigenvalue weighted by molar-refractivity contribution is -0.384. The SMILES string of the molecule is CCN(OC(=O)c1cccc([N+](=O)[O-])c1)C(=O)OC(C)(C)C. The lowest BCUT2D eigenvalue weighted by Gasteiger charge is -2.25. The van der Waals surface area contributed by atoms with E-state index < -0.39 is 22.6 Å². The highest BCUT2D eigenvalue weighted by Crippen LogP contribution is 2.15. The average Bonchev–Trinajstić information content (AvgIpc) is 2.42. The molecule has 120 valence electrons. The van der Waals surface area contributed by atoms with Crippen LogP contribution in [0.1, 0.15) is 38.1 Å². The molecule has 22 heavy (non-hydrogen) atoms. The van der Waals surface area contributed by atoms with Gasteiger partial charge in [0.15, 0.2) is 0 Å². The third-order valence-electron chi connectivity index (χ3n) is 2.37. The molecule has 1 aromatic rings. The zero-order chi connectivity index (χ0) is 16.9. The van der Waals surface area contributed by atoms with E-state index in [4.69, 9.17) is 9.57 Å². The lowest BCUT2D eigenvalue weighted by Crippen LogP contribution is -2.38. The minimum absolute atomic E-state index is 0.0313. The zero-order valence-electron chi connectivity index (χ0n) is 12.9. The van der Waals surface area contributed by atoms with E-state index in [0.29, 0.717) is 0 Å². The molecule has 0 N–H and O–H groups in total. The summed E-state index contributed by atoms with van der Waals surface area (Å²) in [4.78, 5) is 38.8. The number of nitro groups is 1. The second-order valence-electron chi connectivity index (χ2n) is 5.36. The monoisotopic (exact) mass is 310 g/mol. The minimum Gasteiger partial charge on any atom is -0.442 e. The molecule has 0 aliphatic rings. The number of carbonyl (C=O) groups excluding carboxylic acids is 2. The second-order valence-corrected chi connectivity index (χ2v) is 5.36. The Balaban J connectivity index is 2.83. The molecule has 0 fully saturated rings. The van der Waals surface area contributed by atoms with Gasteiger partial charge in [0, 0.05) is 12.1 Å². The van der Waals surface area contributed by atoms with Crippen LogP contribution in [-0.2, 0) is 9.57 Å². The van der Waals surface area contributed by atoms with E-state index in [2.05, 4.69) is 0 Å². The van der Waals surface area contributed by atoms with Gasteiger partial charge in [-0.3, -0.25) is 10.1 Å². The molecule has 0 heterocycles. The van der Waals surface area contributed by atoms with Crippen LogP contribution < -0.4 is 0 Å². The number of nitrogens with zero attached hydrogens (tertiary/aromatic N) is 2. The van der Waals surface area contributed by atoms with Crippen LogP contribution in [0.5, 0.6) is 0 Å². The van der Waals surface area contributed by atoms with Crippen molar-refractivity contribution < 1.29 is 24.1 Å². The Labute approximate surface area is 127 Å². The first-order chi connectivity index (χ1) is 10.1. The van der Waals surface area contributed by atoms with Gasteiger partial charge >= 0.3 is 12.1 Å². The molecule has 8 nitrogen and oxygen atoms in total. The van der Waals surface area contributed by atoms with Crippen molar-refractivity contribution in [1.29, 1.82) is 0 Å². The van der Waals surface area contributed by atoms with Crippen molar-refractivity contribution in [2.24, 2.45) is 0 Å². The molecular formula is C14H18N2O6. The normalized spacial score (nSPS) is 10.7. The molecule has 0 aliphatic carbocycles. The molecule has 0 unspecified atom stereocenters. The maximum atomic E-state index is 12.0. The molecule has 8 heteroatoms. The Morgan fingerprint density at radius 2 is 1.95 bits per heavy atom. The number of non-ortho nitro benzene ring substituents is 1. The van der Waals surface area contributed by atoms with Gasteiger partial charge in [0.25, 0.3) is 5.69 Å². The van der Waals surface area contributed by atoms with Crippen molar-refractivity contribution in [3.8, 4) is 0 Å². The molecule has 0 atom stereocenters. The number of amides is 1. The number of rotatable bonds is 3. The summed E-state index contributed by atoms with van der Waals surface area (Å²) in [6, 6.07) is 5.05. The number of hydrogen-bond donors (Lipinski definition) is 0. The largest absolute Gasteiger partial charge is 0.443 e. The van der Waals surface area contributed by atoms with Crippen LogP contribution in [-0.4, -0.2) is 34.2 Å². The van der Waals surface area contributed by atoms with E-state index in [1.807, 2.05) is 0 Å². The smallest absolute Gasteiger partial charge is 0.442 e. The van der Waals surface area contributed by atoms with E-state index in [-0.39, 0.29) is 17.8 Å². The predicted octanol–water partition coefficient (Wildman–Crippen LogP) is 2.92. The highest BCUT2D eigenvalue weighted by molar-refractivity contribution is 5.90. The maximum absolute atomic E-state index is 12.0. The summed E-state index contributed by atoms with van der Waals surface area (Å²) in [7, 11) is 0. The fourth-order valence-electron chi connectivity index (χ4n) is 1.44. The van der Waals surface area contributed by atoms with Gasteiger partial charge in [0.05, 0.1) is 17.0 Å². The summed E-state index contributed by atoms with van der Waals surface area (Å²) in [5, 5.41) is 11.4. The fourth-order valence-corrected chi connectivity index (χ4v) is 1.44. The highest BCUT2D eigenvalue weighted by atomic mass is 16.8. The van der Waals surface area contributed by atoms with Crippen LogP contribution in [0.4, 0.5) is 10.5 Å². The Hall–Kier alpha value is -2.64. The van der Waals surface area contributed by atoms with Gasteiger partial charge in [-0.15, -0.1) is 5.06 Å². The Bertz CT molecular complexity index is 579. The van der Waals surface area contributed by atoms with Gasteiger partial charge in [-0.25, -0.2) is 9.59 Å². The third-order valence-corrected chi connectivity index (χ3v) is 2.37. The molecule has 0 spiro atoms. The molecule has 0 radical (unpaired) electrons. The summed E-state index contributed by atoms with van der Waals surface area (Å²) in [6.07, 6.45) is -0.811. The van der Waals surface area contributed by atoms with Crippen molar-refractivity contribution in [2.75, 3.05) is 6.54 Å². The van der Waals surface area contributed by atoms with Crippen LogP contribution in [0.2, 0.25) is 0 Å². The van der Waals surface area contributed by atoms with Crippen molar-refractivity contribution in [2.45, 2.75) is 33.3 Å². The van der Waals surface area contributed by atoms with Gasteiger partial charge in [-0.1, -0.05) is 6.07 Å². The predicted molar refractivity (Wildman–Crippen MR) is 77.1 cm³/mol. The Kier molecular flexibility index (Phi) is 5.44. The quantitative estimate of drug-likeness (QED) is 0.628. The number of benzene rings is 1. The first-order valence-corrected chi connectivity index (χ1v) is 6.61. The van der Waals surface area contributed by atoms with Gasteiger partial charge < -0.3 is 9.57 Å². The number of hydrogen-bond acceptors (Lipinski definition) is 6. The fraction of sp³-hybridized carbons (Fsp3) is 0.429. The Morgan fingerprint density at radius 3 is 2.45 bits per heavy atom. The third kappa shape index (κ3) is 5.04. The van der Waals surface area contributed by atoms with Gasteiger partial charge in [0.2, 0.25) is 0 Å². The van der Waals surface area contributed by atoms with Gasteiger partial charge in [-0.2, -0.15) is 0 Å². The van der Waals surface area contributed by atoms with Crippen LogP contribution in [0.15, 0.2) is 24.3 Å². The van der Waals surface area contributed by atoms with Crippen molar-refractivity contribution in [3.05, 3.63) is 39.9 Å². The molecule has 1 aromatic carbocycles. The molecule has 0 bridgehead atoms. The summed E-state index contributed by atoms with van der Waals surface area (Å²) in [5.41, 5.74) is -1.01. The molecule has 1 amide bonds. The molecule has 1 rings (SSSR count). The maximum Gasteiger partial charge on any atom is 0.443 e. The zero-order valence-corrected chi connectivity index (χ0v) is 12.9. The molecule has 0 saturated carbocycles. The van der Waals surface area contributed by atoms with Crippen LogP contribution in [0.3, 0.4) is 0 Å². The first kappa shape index (κ1) is 17.4. The number of nitro benzene ring substituents is 1. The topological polar surface area (TPSA) is 99.0 Å². The summed E-state index contributed by atoms with van der Waals surface area (Å²) in [5.74, 6) is -0.878. The van der Waals surface area contributed by atoms with E-state index in [1.54, 1.807) is 27.7 Å². The van der Waals surface area contributed by atoms with Gasteiger partial charge in [-0.05, 0) is 33.8 Å². The number of carbonyl (C=O) groups is 2. The van der Waals surface area contributed by atoms with Crippen molar-refractivity contribution in [1.82, 2.24) is 5.06 Å². The molecule has 0 aliphatic heterocycles. The second kappa shape index (κ2) is 6.88. The van der Waals surface area contributed by atoms with Crippen LogP contribution in [0, 0.1) is 10.1 Å². The van der Waals surface area contributed by atoms with Crippen molar-refractivity contribution in [3.63, 3.8) is 0 Å². The summed E-state index contributed by atoms with van der Waals surface area (Å²) in [6.45, 7) is 6.73. The van der Waals surface area contributed by atoms with Crippen LogP contribution >= 0.6 is 0 Å². The first-order valence-electron chi connectivity index (χ1n) is 6.61. The van der Waals surface area contributed by atoms with Crippen molar-refractivity contribution >= 4 is 17.7 Å². The van der Waals surface area contributed by atoms with E-state index >= 15 is 0 Å². The summed E-state index contributed by atoms with van der Waals surface area (Å²) >= 11 is 0. The molecule has 0 saturated heterocycles. The van der Waals surface area contributed by atoms with Crippen LogP contribution in [0.25, 0.3) is 0 Å². The Morgan fingerprint density at radius 1 is 1.32 bits per heavy atom. The van der Waals surface area contributed by atoms with E-state index in [0.717, 1.165) is 11.1 Å². The molecular weight excluding hydrogens is 292 g/mol. The minimum atomic E-state index is -0.878. The number of ether oxygens (including phenoxy) is 1.